The fraction of sp³-hybridized carbons (Fsp3) is 0.385. The fourth-order valence-corrected chi connectivity index (χ4v) is 3.94. The van der Waals surface area contributed by atoms with E-state index in [1.165, 1.54) is 0 Å². The Labute approximate surface area is 140 Å². The molecule has 0 aliphatic carbocycles. The highest BCUT2D eigenvalue weighted by atomic mass is 35.5. The maximum atomic E-state index is 10.8. The second-order valence-corrected chi connectivity index (χ2v) is 7.27. The van der Waals surface area contributed by atoms with E-state index in [2.05, 4.69) is 9.98 Å². The number of halogens is 1. The van der Waals surface area contributed by atoms with E-state index in [1.54, 1.807) is 30.0 Å². The first-order valence-electron chi connectivity index (χ1n) is 6.63. The number of hydrogen-bond acceptors (Lipinski definition) is 6. The van der Waals surface area contributed by atoms with Crippen LogP contribution in [0.5, 0.6) is 0 Å². The zero-order chi connectivity index (χ0) is 16.1. The van der Waals surface area contributed by atoms with E-state index in [-0.39, 0.29) is 5.84 Å². The molecule has 1 aromatic carbocycles. The van der Waals surface area contributed by atoms with Crippen molar-refractivity contribution in [1.29, 1.82) is 0 Å². The van der Waals surface area contributed by atoms with Crippen LogP contribution in [0.2, 0.25) is 5.02 Å². The van der Waals surface area contributed by atoms with Crippen molar-refractivity contribution < 1.29 is 4.92 Å². The first kappa shape index (κ1) is 17.0. The van der Waals surface area contributed by atoms with Gasteiger partial charge in [-0.05, 0) is 18.2 Å². The number of rotatable bonds is 7. The van der Waals surface area contributed by atoms with Crippen molar-refractivity contribution in [2.75, 3.05) is 12.3 Å². The molecule has 0 aliphatic rings. The van der Waals surface area contributed by atoms with Crippen LogP contribution in [0.1, 0.15) is 13.3 Å². The smallest absolute Gasteiger partial charge is 0.268 e. The maximum Gasteiger partial charge on any atom is 0.268 e. The number of thioether (sulfide) groups is 1. The van der Waals surface area contributed by atoms with Gasteiger partial charge in [0, 0.05) is 22.1 Å². The molecule has 2 aromatic rings. The Bertz CT molecular complexity index is 704. The molecule has 0 saturated heterocycles. The van der Waals surface area contributed by atoms with Gasteiger partial charge in [-0.15, -0.1) is 11.3 Å². The Kier molecular flexibility index (Phi) is 5.98. The van der Waals surface area contributed by atoms with E-state index in [1.807, 2.05) is 18.2 Å². The number of hydrogen-bond donors (Lipinski definition) is 1. The maximum absolute atomic E-state index is 10.8. The van der Waals surface area contributed by atoms with Crippen LogP contribution in [-0.2, 0) is 0 Å². The standard InChI is InChI=1S/C13H15ClN4O2S2/c1-2-10(18(19)20)12(15)16-5-6-21-13-17-9-7-8(14)3-4-11(9)22-13/h3-4,7,10H,2,5-6H2,1H3,(H2,15,16). The van der Waals surface area contributed by atoms with Crippen LogP contribution in [0.4, 0.5) is 0 Å². The lowest BCUT2D eigenvalue weighted by molar-refractivity contribution is -0.503. The van der Waals surface area contributed by atoms with Crippen molar-refractivity contribution in [3.63, 3.8) is 0 Å². The summed E-state index contributed by atoms with van der Waals surface area (Å²) in [6, 6.07) is 4.72. The summed E-state index contributed by atoms with van der Waals surface area (Å²) in [6.07, 6.45) is 0.341. The average Bonchev–Trinajstić information content (AvgIpc) is 2.85. The van der Waals surface area contributed by atoms with Gasteiger partial charge in [-0.1, -0.05) is 30.3 Å². The van der Waals surface area contributed by atoms with Gasteiger partial charge in [0.25, 0.3) is 6.04 Å². The molecule has 1 unspecified atom stereocenters. The first-order chi connectivity index (χ1) is 10.5. The van der Waals surface area contributed by atoms with Gasteiger partial charge in [0.2, 0.25) is 0 Å². The van der Waals surface area contributed by atoms with Crippen LogP contribution < -0.4 is 5.73 Å². The number of amidine groups is 1. The molecule has 0 radical (unpaired) electrons. The molecule has 0 spiro atoms. The molecular formula is C13H15ClN4O2S2. The molecule has 2 rings (SSSR count). The van der Waals surface area contributed by atoms with Gasteiger partial charge in [-0.25, -0.2) is 4.98 Å². The molecule has 1 heterocycles. The van der Waals surface area contributed by atoms with Crippen molar-refractivity contribution in [3.05, 3.63) is 33.3 Å². The lowest BCUT2D eigenvalue weighted by Gasteiger charge is -2.05. The van der Waals surface area contributed by atoms with Crippen LogP contribution >= 0.6 is 34.7 Å². The Balaban J connectivity index is 1.91. The minimum atomic E-state index is -0.894. The molecule has 2 N–H and O–H groups in total. The monoisotopic (exact) mass is 358 g/mol. The Hall–Kier alpha value is -1.38. The predicted octanol–water partition coefficient (Wildman–Crippen LogP) is 3.45. The summed E-state index contributed by atoms with van der Waals surface area (Å²) in [7, 11) is 0. The number of thiazole rings is 1. The van der Waals surface area contributed by atoms with Crippen LogP contribution in [0.25, 0.3) is 10.2 Å². The van der Waals surface area contributed by atoms with Gasteiger partial charge >= 0.3 is 0 Å². The highest BCUT2D eigenvalue weighted by molar-refractivity contribution is 8.01. The van der Waals surface area contributed by atoms with E-state index >= 15 is 0 Å². The van der Waals surface area contributed by atoms with E-state index < -0.39 is 11.0 Å². The number of aliphatic imine (C=N–C) groups is 1. The highest BCUT2D eigenvalue weighted by Gasteiger charge is 2.21. The summed E-state index contributed by atoms with van der Waals surface area (Å²) >= 11 is 9.07. The summed E-state index contributed by atoms with van der Waals surface area (Å²) in [5.74, 6) is 0.756. The van der Waals surface area contributed by atoms with Crippen LogP contribution in [0.15, 0.2) is 27.5 Å². The van der Waals surface area contributed by atoms with Gasteiger partial charge in [-0.3, -0.25) is 15.1 Å². The Morgan fingerprint density at radius 2 is 2.41 bits per heavy atom. The molecule has 118 valence electrons. The van der Waals surface area contributed by atoms with Gasteiger partial charge in [0.05, 0.1) is 16.8 Å². The minimum absolute atomic E-state index is 0.0872. The summed E-state index contributed by atoms with van der Waals surface area (Å²) < 4.78 is 2.00. The van der Waals surface area contributed by atoms with Gasteiger partial charge in [0.15, 0.2) is 10.2 Å². The minimum Gasteiger partial charge on any atom is -0.382 e. The van der Waals surface area contributed by atoms with E-state index in [4.69, 9.17) is 17.3 Å². The summed E-state index contributed by atoms with van der Waals surface area (Å²) in [4.78, 5) is 18.9. The largest absolute Gasteiger partial charge is 0.382 e. The summed E-state index contributed by atoms with van der Waals surface area (Å²) in [5.41, 5.74) is 6.54. The van der Waals surface area contributed by atoms with Crippen molar-refractivity contribution in [3.8, 4) is 0 Å². The van der Waals surface area contributed by atoms with Crippen molar-refractivity contribution >= 4 is 50.8 Å². The Morgan fingerprint density at radius 1 is 1.64 bits per heavy atom. The molecule has 0 saturated carbocycles. The number of nitrogens with two attached hydrogens (primary N) is 1. The second kappa shape index (κ2) is 7.75. The molecule has 0 amide bonds. The topological polar surface area (TPSA) is 94.4 Å². The number of nitrogens with zero attached hydrogens (tertiary/aromatic N) is 3. The first-order valence-corrected chi connectivity index (χ1v) is 8.81. The lowest BCUT2D eigenvalue weighted by Crippen LogP contribution is -2.35. The quantitative estimate of drug-likeness (QED) is 0.204. The van der Waals surface area contributed by atoms with Gasteiger partial charge in [-0.2, -0.15) is 0 Å². The zero-order valence-corrected chi connectivity index (χ0v) is 14.2. The molecule has 9 heteroatoms. The molecular weight excluding hydrogens is 344 g/mol. The van der Waals surface area contributed by atoms with Gasteiger partial charge in [0.1, 0.15) is 0 Å². The molecule has 0 bridgehead atoms. The molecule has 6 nitrogen and oxygen atoms in total. The third kappa shape index (κ3) is 4.31. The summed E-state index contributed by atoms with van der Waals surface area (Å²) in [6.45, 7) is 2.15. The number of nitro groups is 1. The van der Waals surface area contributed by atoms with Crippen LogP contribution in [0, 0.1) is 10.1 Å². The normalized spacial score (nSPS) is 13.5. The Morgan fingerprint density at radius 3 is 3.09 bits per heavy atom. The highest BCUT2D eigenvalue weighted by Crippen LogP contribution is 2.30. The van der Waals surface area contributed by atoms with E-state index in [0.717, 1.165) is 14.6 Å². The molecule has 0 aliphatic heterocycles. The van der Waals surface area contributed by atoms with E-state index in [9.17, 15) is 10.1 Å². The predicted molar refractivity (Wildman–Crippen MR) is 92.9 cm³/mol. The van der Waals surface area contributed by atoms with Gasteiger partial charge < -0.3 is 5.73 Å². The molecule has 0 fully saturated rings. The van der Waals surface area contributed by atoms with Crippen molar-refractivity contribution in [2.24, 2.45) is 10.7 Å². The SMILES string of the molecule is CCC(C(N)=NCCSc1nc2cc(Cl)ccc2s1)[N+](=O)[O-]. The van der Waals surface area contributed by atoms with Crippen LogP contribution in [-0.4, -0.2) is 34.1 Å². The third-order valence-electron chi connectivity index (χ3n) is 2.92. The zero-order valence-electron chi connectivity index (χ0n) is 11.9. The van der Waals surface area contributed by atoms with Crippen molar-refractivity contribution in [1.82, 2.24) is 4.98 Å². The molecule has 1 aromatic heterocycles. The van der Waals surface area contributed by atoms with E-state index in [0.29, 0.717) is 23.7 Å². The second-order valence-electron chi connectivity index (χ2n) is 4.46. The lowest BCUT2D eigenvalue weighted by atomic mass is 10.2. The number of fused-ring (bicyclic) bond motifs is 1. The van der Waals surface area contributed by atoms with Crippen molar-refractivity contribution in [2.45, 2.75) is 23.7 Å². The average molecular weight is 359 g/mol. The number of aromatic nitrogens is 1. The van der Waals surface area contributed by atoms with Crippen LogP contribution in [0.3, 0.4) is 0 Å². The summed E-state index contributed by atoms with van der Waals surface area (Å²) in [5, 5.41) is 11.4. The fourth-order valence-electron chi connectivity index (χ4n) is 1.82. The molecule has 1 atom stereocenters. The number of benzene rings is 1. The molecule has 22 heavy (non-hydrogen) atoms. The third-order valence-corrected chi connectivity index (χ3v) is 5.32.